The van der Waals surface area contributed by atoms with E-state index in [9.17, 15) is 0 Å². The Morgan fingerprint density at radius 1 is 0.432 bits per heavy atom. The van der Waals surface area contributed by atoms with E-state index in [1.54, 1.807) is 0 Å². The molecule has 2 heterocycles. The first-order valence-electron chi connectivity index (χ1n) is 12.4. The summed E-state index contributed by atoms with van der Waals surface area (Å²) in [6.45, 7) is 2.09. The van der Waals surface area contributed by atoms with Crippen LogP contribution in [0.3, 0.4) is 0 Å². The third-order valence-electron chi connectivity index (χ3n) is 6.95. The highest BCUT2D eigenvalue weighted by Gasteiger charge is 2.18. The largest absolute Gasteiger partial charge is 0.309 e. The van der Waals surface area contributed by atoms with Crippen LogP contribution < -0.4 is 0 Å². The Labute approximate surface area is 215 Å². The highest BCUT2D eigenvalue weighted by Crippen LogP contribution is 2.33. The van der Waals surface area contributed by atoms with Crippen molar-refractivity contribution >= 4 is 21.8 Å². The van der Waals surface area contributed by atoms with Gasteiger partial charge in [-0.1, -0.05) is 96.6 Å². The minimum Gasteiger partial charge on any atom is -0.309 e. The second-order valence-electron chi connectivity index (χ2n) is 9.30. The first kappa shape index (κ1) is 21.3. The maximum Gasteiger partial charge on any atom is 0.168 e. The quantitative estimate of drug-likeness (QED) is 0.258. The van der Waals surface area contributed by atoms with E-state index in [0.29, 0.717) is 0 Å². The molecule has 7 aromatic rings. The summed E-state index contributed by atoms with van der Waals surface area (Å²) in [6.07, 6.45) is 0. The number of aryl methyl sites for hydroxylation is 1. The lowest BCUT2D eigenvalue weighted by Crippen LogP contribution is -2.01. The van der Waals surface area contributed by atoms with Crippen LogP contribution in [0.4, 0.5) is 0 Å². The molecule has 176 valence electrons. The molecule has 0 saturated carbocycles. The van der Waals surface area contributed by atoms with Crippen molar-refractivity contribution in [2.45, 2.75) is 6.92 Å². The molecule has 7 rings (SSSR count). The Hall–Kier alpha value is -4.96. The molecule has 2 aromatic heterocycles. The number of benzene rings is 5. The van der Waals surface area contributed by atoms with E-state index >= 15 is 0 Å². The van der Waals surface area contributed by atoms with Crippen molar-refractivity contribution in [1.29, 1.82) is 0 Å². The zero-order valence-electron chi connectivity index (χ0n) is 20.4. The summed E-state index contributed by atoms with van der Waals surface area (Å²) in [5.41, 5.74) is 7.81. The van der Waals surface area contributed by atoms with Gasteiger partial charge in [0.1, 0.15) is 0 Å². The molecule has 0 aliphatic rings. The molecule has 0 aliphatic heterocycles. The number of fused-ring (bicyclic) bond motifs is 3. The molecule has 0 aliphatic carbocycles. The van der Waals surface area contributed by atoms with Gasteiger partial charge in [0.25, 0.3) is 0 Å². The van der Waals surface area contributed by atoms with Gasteiger partial charge in [-0.3, -0.25) is 4.57 Å². The van der Waals surface area contributed by atoms with E-state index in [4.69, 9.17) is 0 Å². The van der Waals surface area contributed by atoms with Crippen LogP contribution in [-0.2, 0) is 0 Å². The number of nitrogens with zero attached hydrogens (tertiary/aromatic N) is 4. The van der Waals surface area contributed by atoms with Gasteiger partial charge in [0, 0.05) is 33.3 Å². The molecular weight excluding hydrogens is 452 g/mol. The van der Waals surface area contributed by atoms with Gasteiger partial charge in [0.2, 0.25) is 0 Å². The van der Waals surface area contributed by atoms with E-state index in [0.717, 1.165) is 34.2 Å². The standard InChI is InChI=1S/C33H24N4/c1-23-15-17-25(18-16-23)33-35-34-32(24-9-3-2-4-10-24)37(33)27-21-19-26(20-22-27)36-30-13-7-5-11-28(30)29-12-6-8-14-31(29)36/h2-22H,1H3. The Morgan fingerprint density at radius 3 is 1.46 bits per heavy atom. The molecule has 0 fully saturated rings. The average molecular weight is 477 g/mol. The summed E-state index contributed by atoms with van der Waals surface area (Å²) in [6, 6.07) is 44.5. The van der Waals surface area contributed by atoms with Crippen LogP contribution in [0.2, 0.25) is 0 Å². The molecule has 0 amide bonds. The highest BCUT2D eigenvalue weighted by molar-refractivity contribution is 6.09. The van der Waals surface area contributed by atoms with Crippen molar-refractivity contribution < 1.29 is 0 Å². The lowest BCUT2D eigenvalue weighted by atomic mass is 10.1. The number of hydrogen-bond acceptors (Lipinski definition) is 2. The summed E-state index contributed by atoms with van der Waals surface area (Å²) in [5.74, 6) is 1.64. The summed E-state index contributed by atoms with van der Waals surface area (Å²) in [7, 11) is 0. The number of hydrogen-bond donors (Lipinski definition) is 0. The van der Waals surface area contributed by atoms with Crippen LogP contribution in [-0.4, -0.2) is 19.3 Å². The fourth-order valence-corrected chi connectivity index (χ4v) is 5.14. The smallest absolute Gasteiger partial charge is 0.168 e. The second kappa shape index (κ2) is 8.61. The zero-order chi connectivity index (χ0) is 24.8. The number of rotatable bonds is 4. The second-order valence-corrected chi connectivity index (χ2v) is 9.30. The molecule has 4 heteroatoms. The molecular formula is C33H24N4. The van der Waals surface area contributed by atoms with Crippen LogP contribution in [0.25, 0.3) is 56.0 Å². The van der Waals surface area contributed by atoms with Crippen molar-refractivity contribution in [1.82, 2.24) is 19.3 Å². The van der Waals surface area contributed by atoms with Gasteiger partial charge in [-0.05, 0) is 43.3 Å². The fourth-order valence-electron chi connectivity index (χ4n) is 5.14. The van der Waals surface area contributed by atoms with E-state index in [1.807, 2.05) is 18.2 Å². The summed E-state index contributed by atoms with van der Waals surface area (Å²) < 4.78 is 4.48. The van der Waals surface area contributed by atoms with Gasteiger partial charge >= 0.3 is 0 Å². The van der Waals surface area contributed by atoms with E-state index in [1.165, 1.54) is 27.4 Å². The van der Waals surface area contributed by atoms with Crippen molar-refractivity contribution in [2.24, 2.45) is 0 Å². The SMILES string of the molecule is Cc1ccc(-c2nnc(-c3ccccc3)n2-c2ccc(-n3c4ccccc4c4ccccc43)cc2)cc1. The van der Waals surface area contributed by atoms with E-state index in [2.05, 4.69) is 135 Å². The molecule has 0 radical (unpaired) electrons. The van der Waals surface area contributed by atoms with Crippen LogP contribution in [0.1, 0.15) is 5.56 Å². The first-order valence-corrected chi connectivity index (χ1v) is 12.4. The van der Waals surface area contributed by atoms with Gasteiger partial charge in [0.15, 0.2) is 11.6 Å². The third kappa shape index (κ3) is 3.54. The van der Waals surface area contributed by atoms with Crippen molar-refractivity contribution in [2.75, 3.05) is 0 Å². The lowest BCUT2D eigenvalue weighted by molar-refractivity contribution is 1.07. The van der Waals surface area contributed by atoms with Crippen molar-refractivity contribution in [3.63, 3.8) is 0 Å². The Bertz CT molecular complexity index is 1810. The van der Waals surface area contributed by atoms with E-state index in [-0.39, 0.29) is 0 Å². The Morgan fingerprint density at radius 2 is 0.892 bits per heavy atom. The monoisotopic (exact) mass is 476 g/mol. The molecule has 0 N–H and O–H groups in total. The summed E-state index contributed by atoms with van der Waals surface area (Å²) in [4.78, 5) is 0. The molecule has 37 heavy (non-hydrogen) atoms. The maximum absolute atomic E-state index is 4.63. The minimum atomic E-state index is 0.820. The summed E-state index contributed by atoms with van der Waals surface area (Å²) >= 11 is 0. The lowest BCUT2D eigenvalue weighted by Gasteiger charge is -2.13. The van der Waals surface area contributed by atoms with Crippen LogP contribution in [0, 0.1) is 6.92 Å². The molecule has 5 aromatic carbocycles. The van der Waals surface area contributed by atoms with Gasteiger partial charge in [-0.15, -0.1) is 10.2 Å². The van der Waals surface area contributed by atoms with Crippen molar-refractivity contribution in [3.8, 4) is 34.2 Å². The van der Waals surface area contributed by atoms with Gasteiger partial charge in [-0.25, -0.2) is 0 Å². The van der Waals surface area contributed by atoms with Crippen LogP contribution in [0.5, 0.6) is 0 Å². The molecule has 0 bridgehead atoms. The topological polar surface area (TPSA) is 35.6 Å². The maximum atomic E-state index is 4.63. The fraction of sp³-hybridized carbons (Fsp3) is 0.0303. The molecule has 0 spiro atoms. The number of para-hydroxylation sites is 2. The molecule has 4 nitrogen and oxygen atoms in total. The molecule has 0 atom stereocenters. The predicted molar refractivity (Wildman–Crippen MR) is 151 cm³/mol. The van der Waals surface area contributed by atoms with Crippen molar-refractivity contribution in [3.05, 3.63) is 133 Å². The van der Waals surface area contributed by atoms with Gasteiger partial charge < -0.3 is 4.57 Å². The third-order valence-corrected chi connectivity index (χ3v) is 6.95. The first-order chi connectivity index (χ1) is 18.3. The Kier molecular flexibility index (Phi) is 4.96. The Balaban J connectivity index is 1.41. The number of aromatic nitrogens is 4. The molecule has 0 saturated heterocycles. The zero-order valence-corrected chi connectivity index (χ0v) is 20.4. The predicted octanol–water partition coefficient (Wildman–Crippen LogP) is 8.01. The van der Waals surface area contributed by atoms with Crippen LogP contribution >= 0.6 is 0 Å². The normalized spacial score (nSPS) is 11.4. The summed E-state index contributed by atoms with van der Waals surface area (Å²) in [5, 5.41) is 11.8. The minimum absolute atomic E-state index is 0.820. The van der Waals surface area contributed by atoms with Gasteiger partial charge in [0.05, 0.1) is 11.0 Å². The molecule has 0 unspecified atom stereocenters. The average Bonchev–Trinajstić information content (AvgIpc) is 3.54. The van der Waals surface area contributed by atoms with E-state index < -0.39 is 0 Å². The van der Waals surface area contributed by atoms with Gasteiger partial charge in [-0.2, -0.15) is 0 Å². The van der Waals surface area contributed by atoms with Crippen LogP contribution in [0.15, 0.2) is 127 Å². The highest BCUT2D eigenvalue weighted by atomic mass is 15.3.